The predicted octanol–water partition coefficient (Wildman–Crippen LogP) is 4.27. The molecule has 0 aliphatic heterocycles. The number of halogens is 1. The summed E-state index contributed by atoms with van der Waals surface area (Å²) in [6.07, 6.45) is -0.328. The molecule has 0 spiro atoms. The van der Waals surface area contributed by atoms with Crippen LogP contribution < -0.4 is 10.6 Å². The fourth-order valence-corrected chi connectivity index (χ4v) is 2.22. The normalized spacial score (nSPS) is 11.9. The summed E-state index contributed by atoms with van der Waals surface area (Å²) in [6.45, 7) is 6.66. The maximum Gasteiger partial charge on any atom is 0.412 e. The number of amides is 2. The number of nitrogens with zero attached hydrogens (tertiary/aromatic N) is 1. The van der Waals surface area contributed by atoms with Crippen molar-refractivity contribution in [3.63, 3.8) is 0 Å². The Morgan fingerprint density at radius 1 is 1.10 bits per heavy atom. The number of nitrogens with one attached hydrogen (secondary N) is 2. The van der Waals surface area contributed by atoms with Crippen LogP contribution in [0, 0.1) is 0 Å². The van der Waals surface area contributed by atoms with Gasteiger partial charge in [-0.3, -0.25) is 10.1 Å². The highest BCUT2D eigenvalue weighted by Crippen LogP contribution is 2.15. The molecule has 1 aromatic carbocycles. The Kier molecular flexibility index (Phi) is 7.17. The summed E-state index contributed by atoms with van der Waals surface area (Å²) in [4.78, 5) is 40.3. The van der Waals surface area contributed by atoms with Crippen molar-refractivity contribution in [1.29, 1.82) is 0 Å². The summed E-state index contributed by atoms with van der Waals surface area (Å²) in [5, 5.41) is 5.50. The lowest BCUT2D eigenvalue weighted by molar-refractivity contribution is -0.123. The molecule has 0 saturated heterocycles. The van der Waals surface area contributed by atoms with Crippen molar-refractivity contribution in [2.45, 2.75) is 39.4 Å². The third-order valence-corrected chi connectivity index (χ3v) is 3.60. The minimum atomic E-state index is -1.07. The standard InChI is InChI=1S/C20H22ClN3O5/c1-12(17(25)24-16-9-8-14(21)11-22-16)28-18(26)13-6-5-7-15(10-13)23-19(27)29-20(2,3)4/h5-12H,1-4H3,(H,23,27)(H,22,24,25)/t12-/m0/s1. The molecule has 2 rings (SSSR count). The quantitative estimate of drug-likeness (QED) is 0.701. The molecule has 2 N–H and O–H groups in total. The van der Waals surface area contributed by atoms with Gasteiger partial charge in [-0.05, 0) is 58.0 Å². The van der Waals surface area contributed by atoms with Gasteiger partial charge in [-0.15, -0.1) is 0 Å². The lowest BCUT2D eigenvalue weighted by Crippen LogP contribution is -2.30. The number of ether oxygens (including phenoxy) is 2. The van der Waals surface area contributed by atoms with Crippen molar-refractivity contribution in [3.05, 3.63) is 53.2 Å². The van der Waals surface area contributed by atoms with E-state index in [0.717, 1.165) is 0 Å². The van der Waals surface area contributed by atoms with Crippen LogP contribution in [0.1, 0.15) is 38.1 Å². The first-order valence-electron chi connectivity index (χ1n) is 8.77. The second-order valence-electron chi connectivity index (χ2n) is 7.11. The summed E-state index contributed by atoms with van der Waals surface area (Å²) in [5.74, 6) is -0.980. The van der Waals surface area contributed by atoms with Gasteiger partial charge in [-0.2, -0.15) is 0 Å². The van der Waals surface area contributed by atoms with Crippen LogP contribution in [0.4, 0.5) is 16.3 Å². The van der Waals surface area contributed by atoms with Gasteiger partial charge >= 0.3 is 12.1 Å². The molecule has 1 heterocycles. The largest absolute Gasteiger partial charge is 0.449 e. The first-order valence-corrected chi connectivity index (χ1v) is 9.15. The molecule has 0 unspecified atom stereocenters. The Morgan fingerprint density at radius 2 is 1.83 bits per heavy atom. The van der Waals surface area contributed by atoms with Gasteiger partial charge in [0, 0.05) is 11.9 Å². The fraction of sp³-hybridized carbons (Fsp3) is 0.300. The van der Waals surface area contributed by atoms with Gasteiger partial charge in [0.2, 0.25) is 0 Å². The number of rotatable bonds is 5. The average Bonchev–Trinajstić information content (AvgIpc) is 2.62. The van der Waals surface area contributed by atoms with Crippen molar-refractivity contribution >= 4 is 41.1 Å². The van der Waals surface area contributed by atoms with Gasteiger partial charge in [0.25, 0.3) is 5.91 Å². The SMILES string of the molecule is C[C@H](OC(=O)c1cccc(NC(=O)OC(C)(C)C)c1)C(=O)Nc1ccc(Cl)cn1. The van der Waals surface area contributed by atoms with Crippen molar-refractivity contribution in [2.75, 3.05) is 10.6 Å². The first kappa shape index (κ1) is 22.2. The highest BCUT2D eigenvalue weighted by atomic mass is 35.5. The lowest BCUT2D eigenvalue weighted by Gasteiger charge is -2.19. The van der Waals surface area contributed by atoms with Crippen molar-refractivity contribution < 1.29 is 23.9 Å². The van der Waals surface area contributed by atoms with E-state index in [-0.39, 0.29) is 11.4 Å². The number of aromatic nitrogens is 1. The monoisotopic (exact) mass is 419 g/mol. The highest BCUT2D eigenvalue weighted by Gasteiger charge is 2.20. The van der Waals surface area contributed by atoms with E-state index in [0.29, 0.717) is 10.7 Å². The Balaban J connectivity index is 1.96. The van der Waals surface area contributed by atoms with E-state index in [1.165, 1.54) is 31.3 Å². The molecule has 1 aromatic heterocycles. The molecular formula is C20H22ClN3O5. The predicted molar refractivity (Wildman–Crippen MR) is 109 cm³/mol. The molecule has 0 fully saturated rings. The molecule has 0 saturated carbocycles. The topological polar surface area (TPSA) is 107 Å². The van der Waals surface area contributed by atoms with E-state index in [1.54, 1.807) is 39.0 Å². The summed E-state index contributed by atoms with van der Waals surface area (Å²) < 4.78 is 10.4. The molecule has 0 radical (unpaired) electrons. The van der Waals surface area contributed by atoms with Crippen LogP contribution >= 0.6 is 11.6 Å². The van der Waals surface area contributed by atoms with Gasteiger partial charge in [-0.1, -0.05) is 17.7 Å². The van der Waals surface area contributed by atoms with Crippen LogP contribution in [-0.2, 0) is 14.3 Å². The zero-order valence-electron chi connectivity index (χ0n) is 16.5. The molecule has 8 nitrogen and oxygen atoms in total. The van der Waals surface area contributed by atoms with E-state index < -0.39 is 29.7 Å². The van der Waals surface area contributed by atoms with Crippen LogP contribution in [0.2, 0.25) is 5.02 Å². The molecule has 9 heteroatoms. The van der Waals surface area contributed by atoms with Gasteiger partial charge in [0.1, 0.15) is 11.4 Å². The molecule has 0 aliphatic carbocycles. The second-order valence-corrected chi connectivity index (χ2v) is 7.54. The molecule has 154 valence electrons. The number of carbonyl (C=O) groups excluding carboxylic acids is 3. The maximum atomic E-state index is 12.3. The molecule has 0 aliphatic rings. The molecule has 1 atom stereocenters. The minimum Gasteiger partial charge on any atom is -0.449 e. The van der Waals surface area contributed by atoms with Gasteiger partial charge in [-0.25, -0.2) is 14.6 Å². The Bertz CT molecular complexity index is 894. The van der Waals surface area contributed by atoms with Gasteiger partial charge in [0.05, 0.1) is 10.6 Å². The average molecular weight is 420 g/mol. The number of anilines is 2. The van der Waals surface area contributed by atoms with Crippen LogP contribution in [-0.4, -0.2) is 34.7 Å². The molecule has 0 bridgehead atoms. The third-order valence-electron chi connectivity index (χ3n) is 3.38. The molecule has 2 amide bonds. The van der Waals surface area contributed by atoms with E-state index in [9.17, 15) is 14.4 Å². The zero-order chi connectivity index (χ0) is 21.6. The number of esters is 1. The first-order chi connectivity index (χ1) is 13.5. The van der Waals surface area contributed by atoms with Crippen molar-refractivity contribution in [3.8, 4) is 0 Å². The maximum absolute atomic E-state index is 12.3. The van der Waals surface area contributed by atoms with Crippen LogP contribution in [0.15, 0.2) is 42.6 Å². The molecular weight excluding hydrogens is 398 g/mol. The van der Waals surface area contributed by atoms with Gasteiger partial charge < -0.3 is 14.8 Å². The van der Waals surface area contributed by atoms with Crippen LogP contribution in [0.3, 0.4) is 0 Å². The molecule has 29 heavy (non-hydrogen) atoms. The Labute approximate surface area is 173 Å². The highest BCUT2D eigenvalue weighted by molar-refractivity contribution is 6.30. The Morgan fingerprint density at radius 3 is 2.45 bits per heavy atom. The Hall–Kier alpha value is -3.13. The second kappa shape index (κ2) is 9.38. The van der Waals surface area contributed by atoms with E-state index in [2.05, 4.69) is 15.6 Å². The number of pyridine rings is 1. The fourth-order valence-electron chi connectivity index (χ4n) is 2.11. The van der Waals surface area contributed by atoms with Crippen molar-refractivity contribution in [2.24, 2.45) is 0 Å². The van der Waals surface area contributed by atoms with Crippen molar-refractivity contribution in [1.82, 2.24) is 4.98 Å². The number of hydrogen-bond acceptors (Lipinski definition) is 6. The number of benzene rings is 1. The minimum absolute atomic E-state index is 0.169. The van der Waals surface area contributed by atoms with Crippen LogP contribution in [0.5, 0.6) is 0 Å². The summed E-state index contributed by atoms with van der Waals surface area (Å²) >= 11 is 5.74. The molecule has 2 aromatic rings. The van der Waals surface area contributed by atoms with Crippen LogP contribution in [0.25, 0.3) is 0 Å². The third kappa shape index (κ3) is 7.42. The van der Waals surface area contributed by atoms with Gasteiger partial charge in [0.15, 0.2) is 6.10 Å². The number of carbonyl (C=O) groups is 3. The van der Waals surface area contributed by atoms with E-state index in [1.807, 2.05) is 0 Å². The lowest BCUT2D eigenvalue weighted by atomic mass is 10.2. The summed E-state index contributed by atoms with van der Waals surface area (Å²) in [7, 11) is 0. The summed E-state index contributed by atoms with van der Waals surface area (Å²) in [6, 6.07) is 9.21. The zero-order valence-corrected chi connectivity index (χ0v) is 17.2. The number of hydrogen-bond donors (Lipinski definition) is 2. The van der Waals surface area contributed by atoms with E-state index in [4.69, 9.17) is 21.1 Å². The van der Waals surface area contributed by atoms with E-state index >= 15 is 0 Å². The summed E-state index contributed by atoms with van der Waals surface area (Å²) in [5.41, 5.74) is -0.124. The smallest absolute Gasteiger partial charge is 0.412 e.